The van der Waals surface area contributed by atoms with Gasteiger partial charge in [0.2, 0.25) is 11.0 Å². The van der Waals surface area contributed by atoms with Crippen molar-refractivity contribution in [3.8, 4) is 0 Å². The lowest BCUT2D eigenvalue weighted by Gasteiger charge is -2.35. The molecule has 0 spiro atoms. The fourth-order valence-corrected chi connectivity index (χ4v) is 6.56. The molecule has 1 amide bonds. The Morgan fingerprint density at radius 3 is 2.66 bits per heavy atom. The van der Waals surface area contributed by atoms with E-state index in [1.165, 1.54) is 23.8 Å². The summed E-state index contributed by atoms with van der Waals surface area (Å²) in [5, 5.41) is 17.3. The lowest BCUT2D eigenvalue weighted by molar-refractivity contribution is -0.122. The van der Waals surface area contributed by atoms with Gasteiger partial charge in [-0.15, -0.1) is 10.2 Å². The fraction of sp³-hybridized carbons (Fsp3) is 0.333. The van der Waals surface area contributed by atoms with E-state index in [4.69, 9.17) is 0 Å². The van der Waals surface area contributed by atoms with Crippen LogP contribution in [-0.2, 0) is 4.79 Å². The summed E-state index contributed by atoms with van der Waals surface area (Å²) in [6, 6.07) is 16.7. The second kappa shape index (κ2) is 11.0. The minimum absolute atomic E-state index is 0.000508. The number of carbonyl (C=O) groups is 1. The minimum atomic E-state index is -0.247. The molecule has 1 saturated carbocycles. The highest BCUT2D eigenvalue weighted by Gasteiger charge is 2.38. The molecule has 38 heavy (non-hydrogen) atoms. The quantitative estimate of drug-likeness (QED) is 0.276. The van der Waals surface area contributed by atoms with Gasteiger partial charge < -0.3 is 5.32 Å². The lowest BCUT2D eigenvalue weighted by Crippen LogP contribution is -2.36. The number of benzene rings is 2. The van der Waals surface area contributed by atoms with Crippen LogP contribution in [0.2, 0.25) is 0 Å². The van der Waals surface area contributed by atoms with Crippen LogP contribution in [0.15, 0.2) is 84.3 Å². The van der Waals surface area contributed by atoms with Crippen LogP contribution in [0, 0.1) is 11.8 Å². The zero-order chi connectivity index (χ0) is 25.9. The Labute approximate surface area is 225 Å². The third-order valence-corrected chi connectivity index (χ3v) is 8.50. The monoisotopic (exact) mass is 527 g/mol. The van der Waals surface area contributed by atoms with Crippen LogP contribution in [0.5, 0.6) is 0 Å². The molecule has 4 aromatic rings. The Morgan fingerprint density at radius 2 is 1.92 bits per heavy atom. The fourth-order valence-electron chi connectivity index (χ4n) is 6.11. The molecule has 6 nitrogen and oxygen atoms in total. The van der Waals surface area contributed by atoms with Gasteiger partial charge in [0.15, 0.2) is 0 Å². The lowest BCUT2D eigenvalue weighted by atomic mass is 9.69. The van der Waals surface area contributed by atoms with Crippen LogP contribution >= 0.6 is 11.3 Å². The SMILES string of the molecule is O=C(Nc1nncs1)C(C1CCCCC1)C(c1ccccc1)c1ccc2c(cnn2C2C=CC(F)=CC2)c1. The van der Waals surface area contributed by atoms with Gasteiger partial charge in [0.05, 0.1) is 23.7 Å². The molecule has 0 saturated heterocycles. The van der Waals surface area contributed by atoms with E-state index in [9.17, 15) is 9.18 Å². The number of nitrogens with one attached hydrogen (secondary N) is 1. The van der Waals surface area contributed by atoms with Crippen LogP contribution in [0.25, 0.3) is 10.9 Å². The van der Waals surface area contributed by atoms with E-state index < -0.39 is 0 Å². The summed E-state index contributed by atoms with van der Waals surface area (Å²) >= 11 is 1.34. The smallest absolute Gasteiger partial charge is 0.230 e. The van der Waals surface area contributed by atoms with Crippen molar-refractivity contribution >= 4 is 33.3 Å². The molecule has 1 N–H and O–H groups in total. The Balaban J connectivity index is 1.41. The number of allylic oxidation sites excluding steroid dienone is 4. The maximum absolute atomic E-state index is 14.0. The molecule has 3 atom stereocenters. The van der Waals surface area contributed by atoms with Crippen LogP contribution in [0.4, 0.5) is 9.52 Å². The van der Waals surface area contributed by atoms with E-state index in [1.54, 1.807) is 11.6 Å². The first-order valence-electron chi connectivity index (χ1n) is 13.3. The normalized spacial score (nSPS) is 19.7. The third kappa shape index (κ3) is 5.05. The van der Waals surface area contributed by atoms with Gasteiger partial charge in [-0.1, -0.05) is 73.1 Å². The van der Waals surface area contributed by atoms with Crippen LogP contribution < -0.4 is 5.32 Å². The minimum Gasteiger partial charge on any atom is -0.300 e. The molecule has 2 heterocycles. The van der Waals surface area contributed by atoms with Gasteiger partial charge in [-0.2, -0.15) is 5.10 Å². The summed E-state index contributed by atoms with van der Waals surface area (Å²) in [5.41, 5.74) is 4.85. The van der Waals surface area contributed by atoms with Crippen LogP contribution in [0.1, 0.15) is 61.6 Å². The zero-order valence-electron chi connectivity index (χ0n) is 21.0. The predicted molar refractivity (Wildman–Crippen MR) is 149 cm³/mol. The van der Waals surface area contributed by atoms with E-state index in [0.717, 1.165) is 47.7 Å². The predicted octanol–water partition coefficient (Wildman–Crippen LogP) is 7.21. The molecule has 194 valence electrons. The third-order valence-electron chi connectivity index (χ3n) is 7.89. The van der Waals surface area contributed by atoms with Crippen molar-refractivity contribution in [3.63, 3.8) is 0 Å². The van der Waals surface area contributed by atoms with E-state index in [0.29, 0.717) is 11.6 Å². The maximum Gasteiger partial charge on any atom is 0.230 e. The molecule has 2 aliphatic rings. The van der Waals surface area contributed by atoms with Crippen molar-refractivity contribution in [1.82, 2.24) is 20.0 Å². The molecule has 6 rings (SSSR count). The summed E-state index contributed by atoms with van der Waals surface area (Å²) in [6.45, 7) is 0. The topological polar surface area (TPSA) is 72.7 Å². The molecule has 8 heteroatoms. The van der Waals surface area contributed by atoms with E-state index in [1.807, 2.05) is 35.2 Å². The first-order valence-corrected chi connectivity index (χ1v) is 14.2. The Hall–Kier alpha value is -3.65. The summed E-state index contributed by atoms with van der Waals surface area (Å²) in [4.78, 5) is 14.0. The van der Waals surface area contributed by atoms with Crippen LogP contribution in [0.3, 0.4) is 0 Å². The van der Waals surface area contributed by atoms with E-state index in [-0.39, 0.29) is 35.5 Å². The summed E-state index contributed by atoms with van der Waals surface area (Å²) in [5.74, 6) is -0.296. The first-order chi connectivity index (χ1) is 18.7. The number of nitrogens with zero attached hydrogens (tertiary/aromatic N) is 4. The zero-order valence-corrected chi connectivity index (χ0v) is 21.9. The van der Waals surface area contributed by atoms with Gasteiger partial charge in [0, 0.05) is 11.3 Å². The largest absolute Gasteiger partial charge is 0.300 e. The maximum atomic E-state index is 14.0. The molecule has 0 bridgehead atoms. The Morgan fingerprint density at radius 1 is 1.08 bits per heavy atom. The van der Waals surface area contributed by atoms with Crippen molar-refractivity contribution in [3.05, 3.63) is 95.4 Å². The Bertz CT molecular complexity index is 1460. The number of hydrogen-bond donors (Lipinski definition) is 1. The number of aromatic nitrogens is 4. The van der Waals surface area contributed by atoms with Gasteiger partial charge in [-0.05, 0) is 60.6 Å². The molecular weight excluding hydrogens is 497 g/mol. The summed E-state index contributed by atoms with van der Waals surface area (Å²) in [6.07, 6.45) is 13.0. The van der Waals surface area contributed by atoms with E-state index in [2.05, 4.69) is 50.9 Å². The molecule has 2 aromatic carbocycles. The number of amides is 1. The molecular formula is C30H30FN5OS. The average molecular weight is 528 g/mol. The standard InChI is InChI=1S/C30H30FN5OS/c31-24-12-14-25(15-13-24)36-26-16-11-22(17-23(26)18-33-36)27(20-7-3-1-4-8-20)28(21-9-5-2-6-10-21)29(37)34-30-35-32-19-38-30/h1,3-4,7-8,11-14,16-19,21,25,27-28H,2,5-6,9-10,15H2,(H,34,35,37). The van der Waals surface area contributed by atoms with Gasteiger partial charge in [-0.25, -0.2) is 4.39 Å². The number of fused-ring (bicyclic) bond motifs is 1. The van der Waals surface area contributed by atoms with Gasteiger partial charge in [0.1, 0.15) is 11.3 Å². The molecule has 3 unspecified atom stereocenters. The molecule has 0 radical (unpaired) electrons. The second-order valence-electron chi connectivity index (χ2n) is 10.2. The van der Waals surface area contributed by atoms with Crippen molar-refractivity contribution in [2.75, 3.05) is 5.32 Å². The van der Waals surface area contributed by atoms with Crippen molar-refractivity contribution < 1.29 is 9.18 Å². The van der Waals surface area contributed by atoms with Crippen molar-refractivity contribution in [1.29, 1.82) is 0 Å². The van der Waals surface area contributed by atoms with E-state index >= 15 is 0 Å². The Kier molecular flexibility index (Phi) is 7.14. The number of halogens is 1. The number of anilines is 1. The van der Waals surface area contributed by atoms with Gasteiger partial charge in [0.25, 0.3) is 0 Å². The molecule has 1 fully saturated rings. The number of rotatable bonds is 7. The second-order valence-corrected chi connectivity index (χ2v) is 11.0. The highest BCUT2D eigenvalue weighted by Crippen LogP contribution is 2.43. The van der Waals surface area contributed by atoms with Crippen molar-refractivity contribution in [2.45, 2.75) is 50.5 Å². The highest BCUT2D eigenvalue weighted by molar-refractivity contribution is 7.13. The van der Waals surface area contributed by atoms with Gasteiger partial charge >= 0.3 is 0 Å². The summed E-state index contributed by atoms with van der Waals surface area (Å²) < 4.78 is 15.5. The highest BCUT2D eigenvalue weighted by atomic mass is 32.1. The van der Waals surface area contributed by atoms with Gasteiger partial charge in [-0.3, -0.25) is 9.48 Å². The van der Waals surface area contributed by atoms with Crippen LogP contribution in [-0.4, -0.2) is 25.9 Å². The molecule has 0 aliphatic heterocycles. The average Bonchev–Trinajstić information content (AvgIpc) is 3.63. The molecule has 2 aliphatic carbocycles. The first kappa shape index (κ1) is 24.7. The summed E-state index contributed by atoms with van der Waals surface area (Å²) in [7, 11) is 0. The number of carbonyl (C=O) groups excluding carboxylic acids is 1. The number of hydrogen-bond acceptors (Lipinski definition) is 5. The van der Waals surface area contributed by atoms with Crippen molar-refractivity contribution in [2.24, 2.45) is 11.8 Å². The molecule has 2 aromatic heterocycles.